The van der Waals surface area contributed by atoms with Crippen molar-refractivity contribution in [2.75, 3.05) is 26.7 Å². The maximum absolute atomic E-state index is 11.6. The van der Waals surface area contributed by atoms with E-state index in [4.69, 9.17) is 4.74 Å². The van der Waals surface area contributed by atoms with Crippen LogP contribution < -0.4 is 5.32 Å². The van der Waals surface area contributed by atoms with Gasteiger partial charge in [0.2, 0.25) is 5.91 Å². The van der Waals surface area contributed by atoms with Gasteiger partial charge in [0.05, 0.1) is 18.8 Å². The van der Waals surface area contributed by atoms with Crippen molar-refractivity contribution in [1.29, 1.82) is 0 Å². The lowest BCUT2D eigenvalue weighted by atomic mass is 10.3. The summed E-state index contributed by atoms with van der Waals surface area (Å²) in [5.41, 5.74) is 0. The third kappa shape index (κ3) is 2.96. The Kier molecular flexibility index (Phi) is 4.35. The molecule has 0 radical (unpaired) electrons. The van der Waals surface area contributed by atoms with Crippen molar-refractivity contribution in [1.82, 2.24) is 10.2 Å². The van der Waals surface area contributed by atoms with Gasteiger partial charge in [0.1, 0.15) is 0 Å². The van der Waals surface area contributed by atoms with Gasteiger partial charge in [0, 0.05) is 13.1 Å². The van der Waals surface area contributed by atoms with Crippen molar-refractivity contribution in [2.24, 2.45) is 0 Å². The molecule has 1 unspecified atom stereocenters. The number of amides is 1. The summed E-state index contributed by atoms with van der Waals surface area (Å²) in [7, 11) is 1.83. The molecule has 4 nitrogen and oxygen atoms in total. The lowest BCUT2D eigenvalue weighted by Gasteiger charge is -2.17. The molecule has 14 heavy (non-hydrogen) atoms. The molecule has 0 aromatic rings. The quantitative estimate of drug-likeness (QED) is 0.691. The summed E-state index contributed by atoms with van der Waals surface area (Å²) in [6.45, 7) is 6.21. The highest BCUT2D eigenvalue weighted by Gasteiger charge is 2.29. The molecule has 1 atom stereocenters. The van der Waals surface area contributed by atoms with Crippen LogP contribution in [0.1, 0.15) is 20.3 Å². The Balaban J connectivity index is 2.23. The first-order valence-electron chi connectivity index (χ1n) is 5.22. The van der Waals surface area contributed by atoms with Crippen LogP contribution in [0.3, 0.4) is 0 Å². The second kappa shape index (κ2) is 5.32. The second-order valence-electron chi connectivity index (χ2n) is 3.87. The first-order valence-corrected chi connectivity index (χ1v) is 5.22. The van der Waals surface area contributed by atoms with Crippen LogP contribution in [0, 0.1) is 0 Å². The van der Waals surface area contributed by atoms with Gasteiger partial charge in [-0.1, -0.05) is 0 Å². The van der Waals surface area contributed by atoms with Gasteiger partial charge in [0.25, 0.3) is 0 Å². The van der Waals surface area contributed by atoms with Gasteiger partial charge in [-0.25, -0.2) is 0 Å². The van der Waals surface area contributed by atoms with Gasteiger partial charge in [0.15, 0.2) is 0 Å². The van der Waals surface area contributed by atoms with E-state index >= 15 is 0 Å². The number of carbonyl (C=O) groups excluding carboxylic acids is 1. The molecule has 0 aromatic heterocycles. The highest BCUT2D eigenvalue weighted by molar-refractivity contribution is 5.83. The van der Waals surface area contributed by atoms with Crippen LogP contribution in [-0.2, 0) is 9.53 Å². The van der Waals surface area contributed by atoms with Crippen LogP contribution in [0.5, 0.6) is 0 Å². The van der Waals surface area contributed by atoms with E-state index in [2.05, 4.69) is 5.32 Å². The van der Waals surface area contributed by atoms with Crippen LogP contribution in [0.4, 0.5) is 0 Å². The molecule has 0 aromatic carbocycles. The molecule has 0 spiro atoms. The van der Waals surface area contributed by atoms with Gasteiger partial charge < -0.3 is 15.0 Å². The molecule has 1 amide bonds. The minimum atomic E-state index is 0.0223. The average Bonchev–Trinajstić information content (AvgIpc) is 2.47. The fourth-order valence-corrected chi connectivity index (χ4v) is 1.63. The molecule has 0 saturated carbocycles. The number of hydrogen-bond acceptors (Lipinski definition) is 3. The molecular weight excluding hydrogens is 180 g/mol. The van der Waals surface area contributed by atoms with Crippen molar-refractivity contribution in [3.8, 4) is 0 Å². The van der Waals surface area contributed by atoms with E-state index in [9.17, 15) is 4.79 Å². The van der Waals surface area contributed by atoms with Gasteiger partial charge >= 0.3 is 0 Å². The van der Waals surface area contributed by atoms with Crippen molar-refractivity contribution in [2.45, 2.75) is 32.4 Å². The maximum atomic E-state index is 11.6. The standard InChI is InChI=1S/C10H20N2O2/c1-8(2)14-7-6-12-5-4-9(11-3)10(12)13/h8-9,11H,4-7H2,1-3H3. The number of likely N-dealkylation sites (N-methyl/N-ethyl adjacent to an activating group) is 1. The Morgan fingerprint density at radius 1 is 1.64 bits per heavy atom. The lowest BCUT2D eigenvalue weighted by molar-refractivity contribution is -0.130. The Bertz CT molecular complexity index is 195. The van der Waals surface area contributed by atoms with E-state index in [0.717, 1.165) is 19.5 Å². The van der Waals surface area contributed by atoms with Crippen LogP contribution in [0.25, 0.3) is 0 Å². The topological polar surface area (TPSA) is 41.6 Å². The summed E-state index contributed by atoms with van der Waals surface area (Å²) in [4.78, 5) is 13.5. The molecule has 1 fully saturated rings. The molecule has 1 saturated heterocycles. The first-order chi connectivity index (χ1) is 6.65. The number of likely N-dealkylation sites (tertiary alicyclic amines) is 1. The lowest BCUT2D eigenvalue weighted by Crippen LogP contribution is -2.37. The molecule has 4 heteroatoms. The molecule has 1 aliphatic rings. The van der Waals surface area contributed by atoms with Crippen LogP contribution in [0.15, 0.2) is 0 Å². The minimum Gasteiger partial charge on any atom is -0.377 e. The average molecular weight is 200 g/mol. The number of rotatable bonds is 5. The van der Waals surface area contributed by atoms with Crippen molar-refractivity contribution in [3.63, 3.8) is 0 Å². The van der Waals surface area contributed by atoms with Crippen LogP contribution >= 0.6 is 0 Å². The third-order valence-electron chi connectivity index (χ3n) is 2.46. The molecular formula is C10H20N2O2. The van der Waals surface area contributed by atoms with E-state index in [1.54, 1.807) is 0 Å². The zero-order valence-electron chi connectivity index (χ0n) is 9.25. The highest BCUT2D eigenvalue weighted by Crippen LogP contribution is 2.09. The van der Waals surface area contributed by atoms with Crippen molar-refractivity contribution < 1.29 is 9.53 Å². The zero-order valence-corrected chi connectivity index (χ0v) is 9.25. The first kappa shape index (κ1) is 11.5. The van der Waals surface area contributed by atoms with E-state index < -0.39 is 0 Å². The number of nitrogens with zero attached hydrogens (tertiary/aromatic N) is 1. The predicted molar refractivity (Wildman–Crippen MR) is 55.1 cm³/mol. The predicted octanol–water partition coefficient (Wildman–Crippen LogP) is 0.232. The monoisotopic (exact) mass is 200 g/mol. The molecule has 1 aliphatic heterocycles. The summed E-state index contributed by atoms with van der Waals surface area (Å²) >= 11 is 0. The summed E-state index contributed by atoms with van der Waals surface area (Å²) in [6, 6.07) is 0.0223. The molecule has 1 rings (SSSR count). The van der Waals surface area contributed by atoms with Gasteiger partial charge in [-0.15, -0.1) is 0 Å². The molecule has 1 heterocycles. The minimum absolute atomic E-state index is 0.0223. The fourth-order valence-electron chi connectivity index (χ4n) is 1.63. The molecule has 82 valence electrons. The summed E-state index contributed by atoms with van der Waals surface area (Å²) in [5, 5.41) is 3.01. The van der Waals surface area contributed by atoms with Crippen LogP contribution in [-0.4, -0.2) is 49.7 Å². The van der Waals surface area contributed by atoms with Crippen LogP contribution in [0.2, 0.25) is 0 Å². The highest BCUT2D eigenvalue weighted by atomic mass is 16.5. The third-order valence-corrected chi connectivity index (χ3v) is 2.46. The smallest absolute Gasteiger partial charge is 0.239 e. The molecule has 0 aliphatic carbocycles. The number of carbonyl (C=O) groups is 1. The summed E-state index contributed by atoms with van der Waals surface area (Å²) < 4.78 is 5.41. The maximum Gasteiger partial charge on any atom is 0.239 e. The largest absolute Gasteiger partial charge is 0.377 e. The SMILES string of the molecule is CNC1CCN(CCOC(C)C)C1=O. The van der Waals surface area contributed by atoms with Gasteiger partial charge in [-0.2, -0.15) is 0 Å². The van der Waals surface area contributed by atoms with E-state index in [-0.39, 0.29) is 18.1 Å². The van der Waals surface area contributed by atoms with Gasteiger partial charge in [-0.05, 0) is 27.3 Å². The van der Waals surface area contributed by atoms with E-state index in [1.807, 2.05) is 25.8 Å². The normalized spacial score (nSPS) is 22.4. The van der Waals surface area contributed by atoms with E-state index in [1.165, 1.54) is 0 Å². The zero-order chi connectivity index (χ0) is 10.6. The fraction of sp³-hybridized carbons (Fsp3) is 0.900. The van der Waals surface area contributed by atoms with E-state index in [0.29, 0.717) is 6.61 Å². The Labute approximate surface area is 85.6 Å². The summed E-state index contributed by atoms with van der Waals surface area (Å²) in [6.07, 6.45) is 1.16. The van der Waals surface area contributed by atoms with Crippen molar-refractivity contribution in [3.05, 3.63) is 0 Å². The molecule has 1 N–H and O–H groups in total. The number of ether oxygens (including phenoxy) is 1. The number of hydrogen-bond donors (Lipinski definition) is 1. The molecule has 0 bridgehead atoms. The van der Waals surface area contributed by atoms with Gasteiger partial charge in [-0.3, -0.25) is 4.79 Å². The second-order valence-corrected chi connectivity index (χ2v) is 3.87. The number of nitrogens with one attached hydrogen (secondary N) is 1. The Morgan fingerprint density at radius 2 is 2.36 bits per heavy atom. The Hall–Kier alpha value is -0.610. The Morgan fingerprint density at radius 3 is 2.86 bits per heavy atom. The van der Waals surface area contributed by atoms with Crippen molar-refractivity contribution >= 4 is 5.91 Å². The summed E-state index contributed by atoms with van der Waals surface area (Å²) in [5.74, 6) is 0.208.